The zero-order valence-corrected chi connectivity index (χ0v) is 18.3. The number of ether oxygens (including phenoxy) is 1. The second-order valence-corrected chi connectivity index (χ2v) is 7.81. The number of nitrogens with zero attached hydrogens (tertiary/aromatic N) is 2. The number of aryl methyl sites for hydroxylation is 1. The summed E-state index contributed by atoms with van der Waals surface area (Å²) in [5, 5.41) is 11.1. The van der Waals surface area contributed by atoms with Crippen LogP contribution in [0.25, 0.3) is 0 Å². The molecule has 0 aliphatic carbocycles. The maximum Gasteiger partial charge on any atom is 0.387 e. The van der Waals surface area contributed by atoms with Gasteiger partial charge in [-0.15, -0.1) is 0 Å². The van der Waals surface area contributed by atoms with E-state index >= 15 is 0 Å². The number of halogens is 4. The van der Waals surface area contributed by atoms with Gasteiger partial charge in [-0.25, -0.2) is 0 Å². The molecule has 0 amide bonds. The van der Waals surface area contributed by atoms with E-state index < -0.39 is 6.61 Å². The summed E-state index contributed by atoms with van der Waals surface area (Å²) in [6.45, 7) is -0.609. The topological polar surface area (TPSA) is 51.1 Å². The summed E-state index contributed by atoms with van der Waals surface area (Å²) in [5.41, 5.74) is 2.14. The predicted molar refractivity (Wildman–Crippen MR) is 118 cm³/mol. The Balaban J connectivity index is 1.68. The average Bonchev–Trinajstić information content (AvgIpc) is 2.98. The van der Waals surface area contributed by atoms with Gasteiger partial charge in [0, 0.05) is 11.2 Å². The van der Waals surface area contributed by atoms with Gasteiger partial charge in [0.15, 0.2) is 10.9 Å². The van der Waals surface area contributed by atoms with Gasteiger partial charge in [-0.1, -0.05) is 29.8 Å². The molecule has 0 fully saturated rings. The van der Waals surface area contributed by atoms with E-state index in [2.05, 4.69) is 36.4 Å². The molecule has 0 radical (unpaired) electrons. The van der Waals surface area contributed by atoms with Crippen molar-refractivity contribution in [2.75, 3.05) is 10.6 Å². The van der Waals surface area contributed by atoms with Gasteiger partial charge in [0.05, 0.1) is 16.7 Å². The first kappa shape index (κ1) is 21.5. The highest BCUT2D eigenvalue weighted by Crippen LogP contribution is 2.28. The fraction of sp³-hybridized carbons (Fsp3) is 0.158. The molecule has 29 heavy (non-hydrogen) atoms. The van der Waals surface area contributed by atoms with Crippen molar-refractivity contribution in [3.8, 4) is 5.75 Å². The molecular formula is C19H16BrClF2N4OS. The zero-order chi connectivity index (χ0) is 21.0. The number of hydrogen-bond donors (Lipinski definition) is 2. The van der Waals surface area contributed by atoms with Crippen molar-refractivity contribution in [1.29, 1.82) is 0 Å². The molecule has 0 bridgehead atoms. The number of thiocarbonyl (C=S) groups is 1. The van der Waals surface area contributed by atoms with Crippen LogP contribution in [0.1, 0.15) is 11.1 Å². The second-order valence-electron chi connectivity index (χ2n) is 6.11. The van der Waals surface area contributed by atoms with E-state index in [1.54, 1.807) is 29.9 Å². The van der Waals surface area contributed by atoms with Crippen LogP contribution >= 0.6 is 39.7 Å². The van der Waals surface area contributed by atoms with E-state index in [0.29, 0.717) is 27.5 Å². The summed E-state index contributed by atoms with van der Waals surface area (Å²) in [6.07, 6.45) is 1.80. The Bertz CT molecular complexity index is 1010. The number of anilines is 2. The Hall–Kier alpha value is -2.23. The number of nitrogens with one attached hydrogen (secondary N) is 2. The number of hydrogen-bond acceptors (Lipinski definition) is 3. The van der Waals surface area contributed by atoms with Gasteiger partial charge in [-0.3, -0.25) is 4.68 Å². The molecule has 1 heterocycles. The van der Waals surface area contributed by atoms with Crippen molar-refractivity contribution < 1.29 is 13.5 Å². The van der Waals surface area contributed by atoms with Crippen LogP contribution in [0.2, 0.25) is 5.02 Å². The van der Waals surface area contributed by atoms with Crippen LogP contribution < -0.4 is 15.4 Å². The molecule has 1 aromatic heterocycles. The molecule has 3 rings (SSSR count). The van der Waals surface area contributed by atoms with E-state index in [1.807, 2.05) is 24.3 Å². The zero-order valence-electron chi connectivity index (χ0n) is 15.1. The maximum atomic E-state index is 12.6. The van der Waals surface area contributed by atoms with E-state index in [0.717, 1.165) is 11.1 Å². The lowest BCUT2D eigenvalue weighted by Gasteiger charge is -2.14. The van der Waals surface area contributed by atoms with Crippen molar-refractivity contribution in [2.45, 2.75) is 20.1 Å². The van der Waals surface area contributed by atoms with Crippen LogP contribution in [-0.2, 0) is 6.54 Å². The van der Waals surface area contributed by atoms with Gasteiger partial charge in [-0.2, -0.15) is 13.9 Å². The molecule has 0 aliphatic heterocycles. The van der Waals surface area contributed by atoms with Crippen molar-refractivity contribution in [3.63, 3.8) is 0 Å². The highest BCUT2D eigenvalue weighted by Gasteiger charge is 2.13. The Kier molecular flexibility index (Phi) is 7.05. The molecule has 0 saturated heterocycles. The Morgan fingerprint density at radius 3 is 2.66 bits per heavy atom. The van der Waals surface area contributed by atoms with Gasteiger partial charge in [0.1, 0.15) is 5.75 Å². The van der Waals surface area contributed by atoms with E-state index in [-0.39, 0.29) is 10.9 Å². The highest BCUT2D eigenvalue weighted by atomic mass is 79.9. The third-order valence-electron chi connectivity index (χ3n) is 3.81. The van der Waals surface area contributed by atoms with Gasteiger partial charge in [-0.05, 0) is 70.5 Å². The van der Waals surface area contributed by atoms with Gasteiger partial charge >= 0.3 is 6.61 Å². The number of benzene rings is 2. The van der Waals surface area contributed by atoms with Crippen LogP contribution in [0, 0.1) is 6.92 Å². The maximum absolute atomic E-state index is 12.6. The van der Waals surface area contributed by atoms with Crippen LogP contribution in [0.3, 0.4) is 0 Å². The quantitative estimate of drug-likeness (QED) is 0.402. The Morgan fingerprint density at radius 2 is 1.97 bits per heavy atom. The molecule has 0 saturated carbocycles. The Morgan fingerprint density at radius 1 is 1.24 bits per heavy atom. The number of rotatable bonds is 6. The summed E-state index contributed by atoms with van der Waals surface area (Å²) in [7, 11) is 0. The summed E-state index contributed by atoms with van der Waals surface area (Å²) in [4.78, 5) is 0. The third kappa shape index (κ3) is 6.12. The van der Waals surface area contributed by atoms with Gasteiger partial charge in [0.2, 0.25) is 0 Å². The molecule has 0 spiro atoms. The summed E-state index contributed by atoms with van der Waals surface area (Å²) < 4.78 is 32.3. The minimum atomic E-state index is -2.93. The molecule has 0 unspecified atom stereocenters. The van der Waals surface area contributed by atoms with Crippen LogP contribution in [0.15, 0.2) is 53.1 Å². The van der Waals surface area contributed by atoms with Gasteiger partial charge in [0.25, 0.3) is 0 Å². The molecule has 2 N–H and O–H groups in total. The van der Waals surface area contributed by atoms with Crippen LogP contribution in [0.5, 0.6) is 5.75 Å². The van der Waals surface area contributed by atoms with Crippen LogP contribution in [0.4, 0.5) is 20.3 Å². The van der Waals surface area contributed by atoms with Crippen LogP contribution in [-0.4, -0.2) is 21.5 Å². The molecule has 2 aromatic carbocycles. The fourth-order valence-corrected chi connectivity index (χ4v) is 3.27. The van der Waals surface area contributed by atoms with E-state index in [1.165, 1.54) is 6.07 Å². The smallest absolute Gasteiger partial charge is 0.387 e. The van der Waals surface area contributed by atoms with E-state index in [4.69, 9.17) is 23.8 Å². The molecule has 3 aromatic rings. The number of aromatic nitrogens is 2. The molecular weight excluding hydrogens is 486 g/mol. The molecule has 5 nitrogen and oxygen atoms in total. The summed E-state index contributed by atoms with van der Waals surface area (Å²) in [6, 6.07) is 12.4. The number of alkyl halides is 2. The molecule has 10 heteroatoms. The largest absolute Gasteiger partial charge is 0.433 e. The first-order valence-corrected chi connectivity index (χ1v) is 9.99. The standard InChI is InChI=1S/C19H16BrClF2N4OS/c1-11-2-7-15(16(8-11)28-18(22)23)24-19(29)25-17-14(20)10-27(26-17)9-12-3-5-13(21)6-4-12/h2-8,10,18H,9H2,1H3,(H2,24,25,26,29). The normalized spacial score (nSPS) is 10.8. The molecule has 0 aliphatic rings. The van der Waals surface area contributed by atoms with Crippen molar-refractivity contribution in [1.82, 2.24) is 9.78 Å². The summed E-state index contributed by atoms with van der Waals surface area (Å²) in [5.74, 6) is 0.497. The van der Waals surface area contributed by atoms with Crippen molar-refractivity contribution in [3.05, 3.63) is 69.3 Å². The summed E-state index contributed by atoms with van der Waals surface area (Å²) >= 11 is 14.6. The first-order chi connectivity index (χ1) is 13.8. The minimum Gasteiger partial charge on any atom is -0.433 e. The highest BCUT2D eigenvalue weighted by molar-refractivity contribution is 9.10. The van der Waals surface area contributed by atoms with Gasteiger partial charge < -0.3 is 15.4 Å². The lowest BCUT2D eigenvalue weighted by atomic mass is 10.2. The third-order valence-corrected chi connectivity index (χ3v) is 4.84. The first-order valence-electron chi connectivity index (χ1n) is 8.41. The molecule has 0 atom stereocenters. The van der Waals surface area contributed by atoms with E-state index in [9.17, 15) is 8.78 Å². The lowest BCUT2D eigenvalue weighted by Crippen LogP contribution is -2.20. The SMILES string of the molecule is Cc1ccc(NC(=S)Nc2nn(Cc3ccc(Cl)cc3)cc2Br)c(OC(F)F)c1. The fourth-order valence-electron chi connectivity index (χ4n) is 2.53. The predicted octanol–water partition coefficient (Wildman–Crippen LogP) is 6.07. The minimum absolute atomic E-state index is 0.0106. The average molecular weight is 502 g/mol. The monoisotopic (exact) mass is 500 g/mol. The van der Waals surface area contributed by atoms with Crippen molar-refractivity contribution >= 4 is 56.4 Å². The Labute approximate surface area is 185 Å². The lowest BCUT2D eigenvalue weighted by molar-refractivity contribution is -0.0493. The van der Waals surface area contributed by atoms with Crippen molar-refractivity contribution in [2.24, 2.45) is 0 Å². The second kappa shape index (κ2) is 9.51. The molecule has 152 valence electrons.